The molecule has 3 heteroatoms. The minimum atomic E-state index is -0.688. The topological polar surface area (TPSA) is 20.2 Å². The van der Waals surface area contributed by atoms with Gasteiger partial charge in [0.25, 0.3) is 0 Å². The second kappa shape index (κ2) is 2.69. The van der Waals surface area contributed by atoms with Crippen LogP contribution in [0.5, 0.6) is 5.75 Å². The molecule has 0 aliphatic carbocycles. The van der Waals surface area contributed by atoms with Crippen LogP contribution in [0.1, 0.15) is 0 Å². The lowest BCUT2D eigenvalue weighted by molar-refractivity contribution is 0.480. The first-order valence-corrected chi connectivity index (χ1v) is 3.75. The molecule has 0 bridgehead atoms. The third kappa shape index (κ3) is 1.22. The van der Waals surface area contributed by atoms with Crippen LogP contribution >= 0.6 is 0 Å². The molecule has 0 saturated heterocycles. The maximum atomic E-state index is 13.1. The van der Waals surface area contributed by atoms with Crippen LogP contribution in [-0.2, 0) is 0 Å². The van der Waals surface area contributed by atoms with Crippen molar-refractivity contribution in [3.8, 4) is 5.75 Å². The molecular formula is C10H6F2O. The Kier molecular flexibility index (Phi) is 1.65. The molecule has 0 atom stereocenters. The van der Waals surface area contributed by atoms with Gasteiger partial charge in [0.2, 0.25) is 0 Å². The molecule has 0 saturated carbocycles. The lowest BCUT2D eigenvalue weighted by Gasteiger charge is -2.01. The van der Waals surface area contributed by atoms with Gasteiger partial charge in [-0.2, -0.15) is 0 Å². The van der Waals surface area contributed by atoms with Crippen LogP contribution in [0.25, 0.3) is 10.8 Å². The molecule has 0 amide bonds. The van der Waals surface area contributed by atoms with Crippen molar-refractivity contribution in [1.82, 2.24) is 0 Å². The second-order valence-corrected chi connectivity index (χ2v) is 2.76. The maximum Gasteiger partial charge on any atom is 0.134 e. The van der Waals surface area contributed by atoms with E-state index in [1.807, 2.05) is 0 Å². The summed E-state index contributed by atoms with van der Waals surface area (Å²) in [5, 5.41) is 9.70. The Bertz CT molecular complexity index is 466. The lowest BCUT2D eigenvalue weighted by Crippen LogP contribution is -1.83. The van der Waals surface area contributed by atoms with Crippen LogP contribution in [0.4, 0.5) is 8.78 Å². The highest BCUT2D eigenvalue weighted by Gasteiger charge is 2.05. The number of fused-ring (bicyclic) bond motifs is 1. The van der Waals surface area contributed by atoms with E-state index in [4.69, 9.17) is 0 Å². The van der Waals surface area contributed by atoms with Crippen molar-refractivity contribution in [2.24, 2.45) is 0 Å². The quantitative estimate of drug-likeness (QED) is 0.660. The maximum absolute atomic E-state index is 13.1. The summed E-state index contributed by atoms with van der Waals surface area (Å²) >= 11 is 0. The van der Waals surface area contributed by atoms with Gasteiger partial charge in [-0.05, 0) is 12.1 Å². The van der Waals surface area contributed by atoms with Crippen molar-refractivity contribution < 1.29 is 13.9 Å². The smallest absolute Gasteiger partial charge is 0.134 e. The second-order valence-electron chi connectivity index (χ2n) is 2.76. The summed E-state index contributed by atoms with van der Waals surface area (Å²) in [6.45, 7) is 0. The molecule has 0 heterocycles. The lowest BCUT2D eigenvalue weighted by atomic mass is 10.1. The van der Waals surface area contributed by atoms with Gasteiger partial charge in [-0.15, -0.1) is 0 Å². The summed E-state index contributed by atoms with van der Waals surface area (Å²) in [5.74, 6) is -1.46. The van der Waals surface area contributed by atoms with Crippen molar-refractivity contribution in [3.05, 3.63) is 42.0 Å². The Morgan fingerprint density at radius 1 is 1.00 bits per heavy atom. The number of benzene rings is 2. The Morgan fingerprint density at radius 3 is 2.54 bits per heavy atom. The molecule has 2 aromatic carbocycles. The molecule has 0 aliphatic rings. The van der Waals surface area contributed by atoms with Crippen LogP contribution in [0.2, 0.25) is 0 Å². The standard InChI is InChI=1S/C10H6F2O/c11-6-4-8-7(9(12)5-6)2-1-3-10(8)13/h1-5,13H. The highest BCUT2D eigenvalue weighted by Crippen LogP contribution is 2.26. The number of halogens is 2. The molecule has 0 fully saturated rings. The number of rotatable bonds is 0. The molecule has 0 unspecified atom stereocenters. The largest absolute Gasteiger partial charge is 0.507 e. The first-order valence-electron chi connectivity index (χ1n) is 3.75. The van der Waals surface area contributed by atoms with E-state index >= 15 is 0 Å². The minimum Gasteiger partial charge on any atom is -0.507 e. The highest BCUT2D eigenvalue weighted by atomic mass is 19.1. The van der Waals surface area contributed by atoms with Crippen LogP contribution in [0.3, 0.4) is 0 Å². The third-order valence-electron chi connectivity index (χ3n) is 1.89. The fourth-order valence-corrected chi connectivity index (χ4v) is 1.29. The summed E-state index contributed by atoms with van der Waals surface area (Å²) < 4.78 is 25.8. The average Bonchev–Trinajstić information content (AvgIpc) is 2.07. The van der Waals surface area contributed by atoms with Crippen molar-refractivity contribution in [2.45, 2.75) is 0 Å². The van der Waals surface area contributed by atoms with Gasteiger partial charge in [-0.1, -0.05) is 12.1 Å². The zero-order valence-electron chi connectivity index (χ0n) is 6.59. The van der Waals surface area contributed by atoms with Crippen LogP contribution in [0, 0.1) is 11.6 Å². The SMILES string of the molecule is Oc1cccc2c(F)cc(F)cc12. The first-order chi connectivity index (χ1) is 6.18. The van der Waals surface area contributed by atoms with Crippen LogP contribution < -0.4 is 0 Å². The van der Waals surface area contributed by atoms with Gasteiger partial charge in [-0.25, -0.2) is 8.78 Å². The van der Waals surface area contributed by atoms with E-state index in [0.29, 0.717) is 0 Å². The molecule has 66 valence electrons. The summed E-state index contributed by atoms with van der Waals surface area (Å²) in [5.41, 5.74) is 0. The molecule has 1 nitrogen and oxygen atoms in total. The molecule has 0 aliphatic heterocycles. The minimum absolute atomic E-state index is 0.115. The third-order valence-corrected chi connectivity index (χ3v) is 1.89. The predicted molar refractivity (Wildman–Crippen MR) is 45.5 cm³/mol. The fraction of sp³-hybridized carbons (Fsp3) is 0. The van der Waals surface area contributed by atoms with E-state index in [1.54, 1.807) is 0 Å². The normalized spacial score (nSPS) is 10.6. The molecule has 1 N–H and O–H groups in total. The van der Waals surface area contributed by atoms with Crippen molar-refractivity contribution in [2.75, 3.05) is 0 Å². The van der Waals surface area contributed by atoms with E-state index in [1.165, 1.54) is 18.2 Å². The van der Waals surface area contributed by atoms with E-state index < -0.39 is 11.6 Å². The summed E-state index contributed by atoms with van der Waals surface area (Å²) in [6.07, 6.45) is 0. The molecule has 2 aromatic rings. The highest BCUT2D eigenvalue weighted by molar-refractivity contribution is 5.88. The monoisotopic (exact) mass is 180 g/mol. The summed E-state index contributed by atoms with van der Waals surface area (Å²) in [4.78, 5) is 0. The van der Waals surface area contributed by atoms with E-state index in [-0.39, 0.29) is 16.5 Å². The molecule has 2 rings (SSSR count). The van der Waals surface area contributed by atoms with Crippen molar-refractivity contribution in [3.63, 3.8) is 0 Å². The van der Waals surface area contributed by atoms with E-state index in [9.17, 15) is 13.9 Å². The van der Waals surface area contributed by atoms with Gasteiger partial charge >= 0.3 is 0 Å². The number of aromatic hydroxyl groups is 1. The molecule has 0 spiro atoms. The molecule has 0 radical (unpaired) electrons. The Hall–Kier alpha value is -1.64. The fourth-order valence-electron chi connectivity index (χ4n) is 1.29. The zero-order chi connectivity index (χ0) is 9.42. The number of hydrogen-bond donors (Lipinski definition) is 1. The number of hydrogen-bond acceptors (Lipinski definition) is 1. The Balaban J connectivity index is 2.94. The Labute approximate surface area is 73.2 Å². The summed E-state index contributed by atoms with van der Waals surface area (Å²) in [6, 6.07) is 6.29. The molecule has 0 aromatic heterocycles. The van der Waals surface area contributed by atoms with Crippen molar-refractivity contribution >= 4 is 10.8 Å². The Morgan fingerprint density at radius 2 is 1.77 bits per heavy atom. The van der Waals surface area contributed by atoms with Gasteiger partial charge in [0.05, 0.1) is 0 Å². The average molecular weight is 180 g/mol. The first kappa shape index (κ1) is 7.98. The van der Waals surface area contributed by atoms with E-state index in [2.05, 4.69) is 0 Å². The van der Waals surface area contributed by atoms with Gasteiger partial charge in [-0.3, -0.25) is 0 Å². The summed E-state index contributed by atoms with van der Waals surface area (Å²) in [7, 11) is 0. The predicted octanol–water partition coefficient (Wildman–Crippen LogP) is 2.82. The van der Waals surface area contributed by atoms with Gasteiger partial charge < -0.3 is 5.11 Å². The number of phenolic OH excluding ortho intramolecular Hbond substituents is 1. The van der Waals surface area contributed by atoms with Crippen LogP contribution in [0.15, 0.2) is 30.3 Å². The van der Waals surface area contributed by atoms with Gasteiger partial charge in [0.15, 0.2) is 0 Å². The van der Waals surface area contributed by atoms with Gasteiger partial charge in [0, 0.05) is 16.8 Å². The molecular weight excluding hydrogens is 174 g/mol. The van der Waals surface area contributed by atoms with Gasteiger partial charge in [0.1, 0.15) is 17.4 Å². The zero-order valence-corrected chi connectivity index (χ0v) is 6.59. The van der Waals surface area contributed by atoms with Crippen molar-refractivity contribution in [1.29, 1.82) is 0 Å². The van der Waals surface area contributed by atoms with E-state index in [0.717, 1.165) is 12.1 Å². The number of phenols is 1. The molecule has 13 heavy (non-hydrogen) atoms. The van der Waals surface area contributed by atoms with Crippen LogP contribution in [-0.4, -0.2) is 5.11 Å².